The van der Waals surface area contributed by atoms with Crippen LogP contribution in [0, 0.1) is 0 Å². The number of carboxylic acids is 1. The van der Waals surface area contributed by atoms with Crippen molar-refractivity contribution in [3.63, 3.8) is 0 Å². The van der Waals surface area contributed by atoms with Gasteiger partial charge in [-0.05, 0) is 32.8 Å². The zero-order valence-corrected chi connectivity index (χ0v) is 22.5. The van der Waals surface area contributed by atoms with E-state index in [2.05, 4.69) is 21.3 Å². The lowest BCUT2D eigenvalue weighted by atomic mass is 10.0. The molecule has 0 aliphatic heterocycles. The first-order chi connectivity index (χ1) is 18.6. The predicted molar refractivity (Wildman–Crippen MR) is 140 cm³/mol. The van der Waals surface area contributed by atoms with Gasteiger partial charge >= 0.3 is 12.1 Å². The number of carbonyl (C=O) groups is 7. The average molecular weight is 565 g/mol. The number of alkyl carbamates (subject to hydrolysis) is 1. The van der Waals surface area contributed by atoms with Gasteiger partial charge in [0.25, 0.3) is 0 Å². The lowest BCUT2D eigenvalue weighted by molar-refractivity contribution is -0.138. The van der Waals surface area contributed by atoms with Crippen LogP contribution in [0.2, 0.25) is 0 Å². The summed E-state index contributed by atoms with van der Waals surface area (Å²) in [7, 11) is 0. The van der Waals surface area contributed by atoms with Crippen molar-refractivity contribution < 1.29 is 43.4 Å². The Labute approximate surface area is 230 Å². The lowest BCUT2D eigenvalue weighted by Crippen LogP contribution is -2.58. The standard InChI is InChI=1S/C25H36N6O9/c1-25(2,3)40-24(39)31-17(12-19(27)33)23(38)30-16(11-14-7-5-4-6-8-14)22(37)29-15(9-10-18(26)32)21(36)28-13-20(34)35/h4-8,15-17H,9-13H2,1-3H3,(H2,26,32)(H2,27,33)(H,28,36)(H,29,37)(H,30,38)(H,31,39)(H,34,35)/t15-,16-,17-/m0/s1. The molecule has 9 N–H and O–H groups in total. The number of benzene rings is 1. The molecule has 40 heavy (non-hydrogen) atoms. The number of amides is 6. The number of carbonyl (C=O) groups excluding carboxylic acids is 6. The van der Waals surface area contributed by atoms with Crippen molar-refractivity contribution in [1.29, 1.82) is 0 Å². The van der Waals surface area contributed by atoms with Crippen LogP contribution in [-0.4, -0.2) is 77.0 Å². The SMILES string of the molecule is CC(C)(C)OC(=O)N[C@@H](CC(N)=O)C(=O)N[C@@H](Cc1ccccc1)C(=O)N[C@@H](CCC(N)=O)C(=O)NCC(=O)O. The highest BCUT2D eigenvalue weighted by molar-refractivity contribution is 5.96. The van der Waals surface area contributed by atoms with Crippen LogP contribution < -0.4 is 32.7 Å². The van der Waals surface area contributed by atoms with E-state index in [1.54, 1.807) is 51.1 Å². The second-order valence-electron chi connectivity index (χ2n) is 9.80. The van der Waals surface area contributed by atoms with Gasteiger partial charge in [0.05, 0.1) is 6.42 Å². The van der Waals surface area contributed by atoms with E-state index >= 15 is 0 Å². The first-order valence-electron chi connectivity index (χ1n) is 12.3. The van der Waals surface area contributed by atoms with E-state index in [1.165, 1.54) is 0 Å². The molecule has 0 unspecified atom stereocenters. The molecule has 6 amide bonds. The smallest absolute Gasteiger partial charge is 0.408 e. The van der Waals surface area contributed by atoms with Crippen molar-refractivity contribution >= 4 is 41.6 Å². The van der Waals surface area contributed by atoms with E-state index in [9.17, 15) is 33.6 Å². The Balaban J connectivity index is 3.20. The second kappa shape index (κ2) is 15.7. The van der Waals surface area contributed by atoms with E-state index in [0.717, 1.165) is 0 Å². The first kappa shape index (κ1) is 33.3. The zero-order valence-electron chi connectivity index (χ0n) is 22.5. The molecular formula is C25H36N6O9. The quantitative estimate of drug-likeness (QED) is 0.130. The second-order valence-corrected chi connectivity index (χ2v) is 9.80. The van der Waals surface area contributed by atoms with Crippen LogP contribution in [0.15, 0.2) is 30.3 Å². The molecule has 0 fully saturated rings. The number of carboxylic acid groups (broad SMARTS) is 1. The summed E-state index contributed by atoms with van der Waals surface area (Å²) in [5.41, 5.74) is 10.1. The minimum atomic E-state index is -1.50. The maximum Gasteiger partial charge on any atom is 0.408 e. The van der Waals surface area contributed by atoms with Crippen LogP contribution in [0.4, 0.5) is 4.79 Å². The maximum atomic E-state index is 13.3. The van der Waals surface area contributed by atoms with Gasteiger partial charge in [0.2, 0.25) is 29.5 Å². The van der Waals surface area contributed by atoms with E-state index in [-0.39, 0.29) is 19.3 Å². The van der Waals surface area contributed by atoms with Gasteiger partial charge in [-0.25, -0.2) is 4.79 Å². The van der Waals surface area contributed by atoms with Crippen molar-refractivity contribution in [2.75, 3.05) is 6.54 Å². The highest BCUT2D eigenvalue weighted by atomic mass is 16.6. The van der Waals surface area contributed by atoms with Crippen LogP contribution in [-0.2, 0) is 39.9 Å². The van der Waals surface area contributed by atoms with Gasteiger partial charge in [0.1, 0.15) is 30.3 Å². The Morgan fingerprint density at radius 1 is 0.825 bits per heavy atom. The van der Waals surface area contributed by atoms with E-state index < -0.39 is 78.3 Å². The highest BCUT2D eigenvalue weighted by Crippen LogP contribution is 2.09. The van der Waals surface area contributed by atoms with Gasteiger partial charge in [-0.2, -0.15) is 0 Å². The van der Waals surface area contributed by atoms with Crippen LogP contribution in [0.1, 0.15) is 45.6 Å². The number of primary amides is 2. The van der Waals surface area contributed by atoms with Gasteiger partial charge in [0, 0.05) is 12.8 Å². The van der Waals surface area contributed by atoms with Crippen molar-refractivity contribution in [2.45, 2.75) is 70.2 Å². The van der Waals surface area contributed by atoms with Crippen LogP contribution in [0.25, 0.3) is 0 Å². The zero-order chi connectivity index (χ0) is 30.5. The molecule has 15 nitrogen and oxygen atoms in total. The number of nitrogens with two attached hydrogens (primary N) is 2. The molecule has 1 aromatic carbocycles. The van der Waals surface area contributed by atoms with Crippen LogP contribution in [0.5, 0.6) is 0 Å². The fourth-order valence-corrected chi connectivity index (χ4v) is 3.31. The molecule has 0 saturated heterocycles. The normalized spacial score (nSPS) is 13.1. The fourth-order valence-electron chi connectivity index (χ4n) is 3.31. The van der Waals surface area contributed by atoms with Gasteiger partial charge in [-0.1, -0.05) is 30.3 Å². The van der Waals surface area contributed by atoms with Crippen molar-refractivity contribution in [3.05, 3.63) is 35.9 Å². The van der Waals surface area contributed by atoms with Crippen LogP contribution >= 0.6 is 0 Å². The highest BCUT2D eigenvalue weighted by Gasteiger charge is 2.31. The molecule has 3 atom stereocenters. The van der Waals surface area contributed by atoms with Crippen molar-refractivity contribution in [1.82, 2.24) is 21.3 Å². The number of hydrogen-bond donors (Lipinski definition) is 7. The number of hydrogen-bond acceptors (Lipinski definition) is 8. The van der Waals surface area contributed by atoms with E-state index in [1.807, 2.05) is 0 Å². The third-order valence-corrected chi connectivity index (χ3v) is 5.05. The molecule has 0 radical (unpaired) electrons. The molecular weight excluding hydrogens is 528 g/mol. The fraction of sp³-hybridized carbons (Fsp3) is 0.480. The summed E-state index contributed by atoms with van der Waals surface area (Å²) in [6, 6.07) is 4.28. The minimum Gasteiger partial charge on any atom is -0.480 e. The molecule has 0 aliphatic carbocycles. The summed E-state index contributed by atoms with van der Waals surface area (Å²) in [6.45, 7) is 4.04. The Kier molecular flexibility index (Phi) is 13.0. The Morgan fingerprint density at radius 2 is 1.40 bits per heavy atom. The van der Waals surface area contributed by atoms with E-state index in [0.29, 0.717) is 5.56 Å². The Hall–Kier alpha value is -4.69. The lowest BCUT2D eigenvalue weighted by Gasteiger charge is -2.26. The van der Waals surface area contributed by atoms with Crippen molar-refractivity contribution in [2.24, 2.45) is 11.5 Å². The maximum absolute atomic E-state index is 13.3. The molecule has 0 bridgehead atoms. The Bertz CT molecular complexity index is 1090. The summed E-state index contributed by atoms with van der Waals surface area (Å²) in [6.07, 6.45) is -2.23. The minimum absolute atomic E-state index is 0.0760. The molecule has 1 rings (SSSR count). The first-order valence-corrected chi connectivity index (χ1v) is 12.3. The number of ether oxygens (including phenoxy) is 1. The largest absolute Gasteiger partial charge is 0.480 e. The van der Waals surface area contributed by atoms with Gasteiger partial charge < -0.3 is 42.6 Å². The molecule has 0 saturated carbocycles. The van der Waals surface area contributed by atoms with Crippen molar-refractivity contribution in [3.8, 4) is 0 Å². The van der Waals surface area contributed by atoms with Gasteiger partial charge in [-0.3, -0.25) is 28.8 Å². The Morgan fingerprint density at radius 3 is 1.93 bits per heavy atom. The summed E-state index contributed by atoms with van der Waals surface area (Å²) in [5, 5.41) is 18.1. The molecule has 0 aliphatic rings. The summed E-state index contributed by atoms with van der Waals surface area (Å²) in [4.78, 5) is 84.9. The average Bonchev–Trinajstić information content (AvgIpc) is 2.83. The molecule has 0 spiro atoms. The monoisotopic (exact) mass is 564 g/mol. The predicted octanol–water partition coefficient (Wildman–Crippen LogP) is -1.57. The summed E-state index contributed by atoms with van der Waals surface area (Å²) < 4.78 is 5.13. The van der Waals surface area contributed by atoms with E-state index in [4.69, 9.17) is 21.3 Å². The number of rotatable bonds is 15. The number of nitrogens with one attached hydrogen (secondary N) is 4. The summed E-state index contributed by atoms with van der Waals surface area (Å²) in [5.74, 6) is -5.71. The van der Waals surface area contributed by atoms with Gasteiger partial charge in [-0.15, -0.1) is 0 Å². The third-order valence-electron chi connectivity index (χ3n) is 5.05. The topological polar surface area (TPSA) is 249 Å². The van der Waals surface area contributed by atoms with Crippen LogP contribution in [0.3, 0.4) is 0 Å². The molecule has 15 heteroatoms. The van der Waals surface area contributed by atoms with Gasteiger partial charge in [0.15, 0.2) is 0 Å². The molecule has 0 heterocycles. The summed E-state index contributed by atoms with van der Waals surface area (Å²) >= 11 is 0. The molecule has 220 valence electrons. The molecule has 0 aromatic heterocycles. The number of aliphatic carboxylic acids is 1. The molecule has 1 aromatic rings. The third kappa shape index (κ3) is 13.7.